The quantitative estimate of drug-likeness (QED) is 0.235. The fourth-order valence-electron chi connectivity index (χ4n) is 7.57. The molecular formula is C33H42ClNO6. The van der Waals surface area contributed by atoms with E-state index in [1.807, 2.05) is 60.7 Å². The first-order valence-corrected chi connectivity index (χ1v) is 15.1. The largest absolute Gasteiger partial charge is 1.00 e. The third-order valence-corrected chi connectivity index (χ3v) is 9.47. The Kier molecular flexibility index (Phi) is 10.5. The minimum absolute atomic E-state index is 0. The van der Waals surface area contributed by atoms with Gasteiger partial charge < -0.3 is 31.5 Å². The highest BCUT2D eigenvalue weighted by Gasteiger charge is 2.57. The maximum absolute atomic E-state index is 14.3. The molecular weight excluding hydrogens is 542 g/mol. The standard InChI is InChI=1S/C33H41NO6.ClH/c35-30(36)17-9-1-2-10-18-31(37)40-33(25-13-5-3-6-14-25,26-15-7-4-8-16-26)32(38)39-29-23-27-19-20-28(24-29)34(27)21-11-12-22-34;/h3-8,13-16,27-29H,1-2,9-12,17-24H2;1H. The molecule has 3 aliphatic heterocycles. The van der Waals surface area contributed by atoms with Gasteiger partial charge in [0.15, 0.2) is 0 Å². The maximum Gasteiger partial charge on any atom is 0.360 e. The van der Waals surface area contributed by atoms with Crippen LogP contribution in [0.4, 0.5) is 0 Å². The van der Waals surface area contributed by atoms with Gasteiger partial charge in [0.05, 0.1) is 25.2 Å². The Labute approximate surface area is 249 Å². The molecule has 0 aromatic heterocycles. The normalized spacial score (nSPS) is 22.6. The maximum atomic E-state index is 14.3. The number of unbranched alkanes of at least 4 members (excludes halogenated alkanes) is 3. The number of carbonyl (C=O) groups excluding carboxylic acids is 2. The second-order valence-corrected chi connectivity index (χ2v) is 11.8. The summed E-state index contributed by atoms with van der Waals surface area (Å²) >= 11 is 0. The monoisotopic (exact) mass is 583 g/mol. The van der Waals surface area contributed by atoms with Crippen molar-refractivity contribution in [3.8, 4) is 0 Å². The molecule has 0 radical (unpaired) electrons. The average Bonchev–Trinajstić information content (AvgIpc) is 3.51. The number of carbonyl (C=O) groups is 3. The molecule has 41 heavy (non-hydrogen) atoms. The molecule has 1 spiro atoms. The van der Waals surface area contributed by atoms with E-state index >= 15 is 0 Å². The van der Waals surface area contributed by atoms with E-state index in [1.165, 1.54) is 43.3 Å². The number of aliphatic carboxylic acids is 1. The van der Waals surface area contributed by atoms with Gasteiger partial charge in [-0.1, -0.05) is 73.5 Å². The molecule has 5 rings (SSSR count). The Bertz CT molecular complexity index is 1110. The first kappa shape index (κ1) is 31.0. The molecule has 7 nitrogen and oxygen atoms in total. The number of hydrogen-bond donors (Lipinski definition) is 1. The van der Waals surface area contributed by atoms with Gasteiger partial charge in [-0.05, 0) is 12.8 Å². The predicted octanol–water partition coefficient (Wildman–Crippen LogP) is 2.75. The summed E-state index contributed by atoms with van der Waals surface area (Å²) in [4.78, 5) is 38.4. The number of carboxylic acids is 1. The van der Waals surface area contributed by atoms with E-state index in [9.17, 15) is 14.4 Å². The van der Waals surface area contributed by atoms with Crippen molar-refractivity contribution in [1.29, 1.82) is 0 Å². The van der Waals surface area contributed by atoms with Crippen LogP contribution in [0.2, 0.25) is 0 Å². The molecule has 2 unspecified atom stereocenters. The van der Waals surface area contributed by atoms with Crippen LogP contribution in [0.15, 0.2) is 60.7 Å². The lowest BCUT2D eigenvalue weighted by molar-refractivity contribution is -0.956. The van der Waals surface area contributed by atoms with Gasteiger partial charge in [-0.3, -0.25) is 9.59 Å². The van der Waals surface area contributed by atoms with Crippen molar-refractivity contribution in [2.45, 2.75) is 101 Å². The zero-order valence-electron chi connectivity index (χ0n) is 23.7. The third-order valence-electron chi connectivity index (χ3n) is 9.47. The zero-order valence-corrected chi connectivity index (χ0v) is 24.5. The van der Waals surface area contributed by atoms with Gasteiger partial charge in [-0.2, -0.15) is 0 Å². The number of carboxylic acid groups (broad SMARTS) is 1. The minimum Gasteiger partial charge on any atom is -1.00 e. The van der Waals surface area contributed by atoms with Crippen LogP contribution < -0.4 is 12.4 Å². The fourth-order valence-corrected chi connectivity index (χ4v) is 7.57. The van der Waals surface area contributed by atoms with E-state index in [2.05, 4.69) is 0 Å². The number of nitrogens with zero attached hydrogens (tertiary/aromatic N) is 1. The molecule has 0 amide bonds. The van der Waals surface area contributed by atoms with Gasteiger partial charge in [-0.25, -0.2) is 4.79 Å². The molecule has 222 valence electrons. The second-order valence-electron chi connectivity index (χ2n) is 11.8. The Balaban J connectivity index is 0.00000387. The van der Waals surface area contributed by atoms with Crippen molar-refractivity contribution < 1.29 is 45.9 Å². The van der Waals surface area contributed by atoms with Gasteiger partial charge in [0.1, 0.15) is 6.10 Å². The van der Waals surface area contributed by atoms with Crippen molar-refractivity contribution >= 4 is 17.9 Å². The van der Waals surface area contributed by atoms with Crippen molar-refractivity contribution in [1.82, 2.24) is 0 Å². The van der Waals surface area contributed by atoms with Crippen LogP contribution in [0, 0.1) is 0 Å². The van der Waals surface area contributed by atoms with Crippen molar-refractivity contribution in [3.05, 3.63) is 71.8 Å². The number of piperidine rings is 1. The summed E-state index contributed by atoms with van der Waals surface area (Å²) in [5.41, 5.74) is -0.551. The lowest BCUT2D eigenvalue weighted by Crippen LogP contribution is -3.00. The van der Waals surface area contributed by atoms with Crippen LogP contribution in [0.25, 0.3) is 0 Å². The number of benzene rings is 2. The Morgan fingerprint density at radius 2 is 1.29 bits per heavy atom. The van der Waals surface area contributed by atoms with E-state index in [1.54, 1.807) is 0 Å². The lowest BCUT2D eigenvalue weighted by Gasteiger charge is -2.47. The summed E-state index contributed by atoms with van der Waals surface area (Å²) in [6, 6.07) is 19.5. The molecule has 1 N–H and O–H groups in total. The molecule has 3 fully saturated rings. The van der Waals surface area contributed by atoms with Gasteiger partial charge in [0, 0.05) is 62.5 Å². The number of quaternary nitrogens is 1. The van der Waals surface area contributed by atoms with Crippen LogP contribution >= 0.6 is 0 Å². The van der Waals surface area contributed by atoms with Gasteiger partial charge in [0.25, 0.3) is 5.60 Å². The SMILES string of the molecule is O=C(O)CCCCCCC(=O)OC(C(=O)OC1CC2CCC(C1)[N+]21CCCC1)(c1ccccc1)c1ccccc1.[Cl-]. The zero-order chi connectivity index (χ0) is 28.0. The van der Waals surface area contributed by atoms with Gasteiger partial charge in [-0.15, -0.1) is 0 Å². The van der Waals surface area contributed by atoms with Crippen molar-refractivity contribution in [2.75, 3.05) is 13.1 Å². The molecule has 0 saturated carbocycles. The van der Waals surface area contributed by atoms with Crippen LogP contribution in [-0.4, -0.2) is 58.8 Å². The lowest BCUT2D eigenvalue weighted by atomic mass is 9.85. The Morgan fingerprint density at radius 3 is 1.80 bits per heavy atom. The van der Waals surface area contributed by atoms with E-state index in [-0.39, 0.29) is 31.4 Å². The number of halogens is 1. The summed E-state index contributed by atoms with van der Waals surface area (Å²) in [5, 5.41) is 8.84. The highest BCUT2D eigenvalue weighted by molar-refractivity contribution is 5.89. The number of rotatable bonds is 12. The van der Waals surface area contributed by atoms with Crippen LogP contribution in [0.1, 0.15) is 88.2 Å². The topological polar surface area (TPSA) is 89.9 Å². The number of ether oxygens (including phenoxy) is 2. The van der Waals surface area contributed by atoms with Crippen LogP contribution in [-0.2, 0) is 29.5 Å². The molecule has 3 aliphatic rings. The molecule has 2 aromatic rings. The van der Waals surface area contributed by atoms with Gasteiger partial charge in [0.2, 0.25) is 0 Å². The van der Waals surface area contributed by atoms with Gasteiger partial charge >= 0.3 is 17.9 Å². The highest BCUT2D eigenvalue weighted by atomic mass is 35.5. The van der Waals surface area contributed by atoms with E-state index in [0.717, 1.165) is 25.7 Å². The first-order valence-electron chi connectivity index (χ1n) is 15.1. The van der Waals surface area contributed by atoms with E-state index in [0.29, 0.717) is 36.1 Å². The minimum atomic E-state index is -1.70. The van der Waals surface area contributed by atoms with Crippen LogP contribution in [0.5, 0.6) is 0 Å². The summed E-state index contributed by atoms with van der Waals surface area (Å²) in [5.74, 6) is -1.80. The van der Waals surface area contributed by atoms with Crippen LogP contribution in [0.3, 0.4) is 0 Å². The Hall–Kier alpha value is -2.90. The molecule has 2 bridgehead atoms. The summed E-state index contributed by atoms with van der Waals surface area (Å²) in [6.45, 7) is 2.50. The summed E-state index contributed by atoms with van der Waals surface area (Å²) in [7, 11) is 0. The summed E-state index contributed by atoms with van der Waals surface area (Å²) < 4.78 is 13.8. The second kappa shape index (κ2) is 13.8. The third kappa shape index (κ3) is 6.62. The molecule has 3 heterocycles. The van der Waals surface area contributed by atoms with Crippen molar-refractivity contribution in [2.24, 2.45) is 0 Å². The number of esters is 2. The fraction of sp³-hybridized carbons (Fsp3) is 0.545. The van der Waals surface area contributed by atoms with E-state index < -0.39 is 23.5 Å². The summed E-state index contributed by atoms with van der Waals surface area (Å²) in [6.07, 6.45) is 9.40. The average molecular weight is 584 g/mol. The molecule has 2 atom stereocenters. The van der Waals surface area contributed by atoms with Crippen molar-refractivity contribution in [3.63, 3.8) is 0 Å². The van der Waals surface area contributed by atoms with E-state index in [4.69, 9.17) is 14.6 Å². The molecule has 3 saturated heterocycles. The Morgan fingerprint density at radius 1 is 0.780 bits per heavy atom. The predicted molar refractivity (Wildman–Crippen MR) is 150 cm³/mol. The molecule has 0 aliphatic carbocycles. The molecule has 8 heteroatoms. The first-order chi connectivity index (χ1) is 19.4. The molecule has 2 aromatic carbocycles. The number of hydrogen-bond acceptors (Lipinski definition) is 5. The smallest absolute Gasteiger partial charge is 0.360 e. The highest BCUT2D eigenvalue weighted by Crippen LogP contribution is 2.47.